The van der Waals surface area contributed by atoms with E-state index in [0.29, 0.717) is 36.4 Å². The maximum absolute atomic E-state index is 14.0. The van der Waals surface area contributed by atoms with Gasteiger partial charge in [0, 0.05) is 17.9 Å². The van der Waals surface area contributed by atoms with E-state index >= 15 is 0 Å². The standard InChI is InChI=1S/C42H61FO4S/c1-7-11-34(38(44)21-15-31-16-22-40-41(4,27-31)47-28-46-40)24-35-14-8-9-23-42(35,45-5)26-29(2)32-12-10-13-33(18-17-32)30(3)37-20-19-36(43)25-39(37)48-6/h15-16,19-22,25,27,29-30,32-35,40H,7-14,17-18,23-24,26,28H2,1-6H3. The van der Waals surface area contributed by atoms with Crippen molar-refractivity contribution in [3.8, 4) is 0 Å². The molecule has 9 unspecified atom stereocenters. The van der Waals surface area contributed by atoms with Crippen molar-refractivity contribution < 1.29 is 23.4 Å². The van der Waals surface area contributed by atoms with E-state index in [-0.39, 0.29) is 29.2 Å². The van der Waals surface area contributed by atoms with Gasteiger partial charge < -0.3 is 14.2 Å². The molecule has 5 rings (SSSR count). The van der Waals surface area contributed by atoms with Crippen LogP contribution in [0.4, 0.5) is 4.39 Å². The fourth-order valence-electron chi connectivity index (χ4n) is 9.61. The predicted molar refractivity (Wildman–Crippen MR) is 196 cm³/mol. The molecule has 0 amide bonds. The molecular formula is C42H61FO4S. The summed E-state index contributed by atoms with van der Waals surface area (Å²) in [5.74, 6) is 2.84. The number of carbonyl (C=O) groups is 1. The smallest absolute Gasteiger partial charge is 0.158 e. The number of benzene rings is 1. The number of halogens is 1. The maximum atomic E-state index is 14.0. The summed E-state index contributed by atoms with van der Waals surface area (Å²) in [7, 11) is 1.93. The van der Waals surface area contributed by atoms with Crippen LogP contribution in [0.3, 0.4) is 0 Å². The van der Waals surface area contributed by atoms with Crippen molar-refractivity contribution in [3.63, 3.8) is 0 Å². The van der Waals surface area contributed by atoms with E-state index in [9.17, 15) is 9.18 Å². The van der Waals surface area contributed by atoms with Crippen LogP contribution in [0.25, 0.3) is 0 Å². The number of ether oxygens (including phenoxy) is 3. The molecule has 1 saturated heterocycles. The van der Waals surface area contributed by atoms with Crippen LogP contribution in [0.5, 0.6) is 0 Å². The van der Waals surface area contributed by atoms with Gasteiger partial charge in [0.15, 0.2) is 5.78 Å². The second-order valence-corrected chi connectivity index (χ2v) is 16.4. The van der Waals surface area contributed by atoms with Crippen LogP contribution in [0.1, 0.15) is 123 Å². The summed E-state index contributed by atoms with van der Waals surface area (Å²) >= 11 is 1.66. The van der Waals surface area contributed by atoms with Gasteiger partial charge in [-0.15, -0.1) is 11.8 Å². The number of carbonyl (C=O) groups excluding carboxylic acids is 1. The van der Waals surface area contributed by atoms with E-state index < -0.39 is 5.60 Å². The monoisotopic (exact) mass is 680 g/mol. The Hall–Kier alpha value is -1.73. The molecule has 1 heterocycles. The Labute approximate surface area is 294 Å². The first kappa shape index (κ1) is 37.5. The average Bonchev–Trinajstić information content (AvgIpc) is 3.30. The van der Waals surface area contributed by atoms with Crippen LogP contribution in [0, 0.1) is 35.4 Å². The van der Waals surface area contributed by atoms with Gasteiger partial charge >= 0.3 is 0 Å². The number of methoxy groups -OCH3 is 1. The van der Waals surface area contributed by atoms with Crippen molar-refractivity contribution in [2.75, 3.05) is 20.2 Å². The molecule has 1 aliphatic heterocycles. The molecule has 0 radical (unpaired) electrons. The van der Waals surface area contributed by atoms with Gasteiger partial charge in [0.05, 0.1) is 5.60 Å². The zero-order valence-electron chi connectivity index (χ0n) is 30.5. The van der Waals surface area contributed by atoms with Gasteiger partial charge in [-0.2, -0.15) is 0 Å². The molecule has 4 aliphatic rings. The van der Waals surface area contributed by atoms with Crippen LogP contribution >= 0.6 is 11.8 Å². The molecule has 1 aromatic carbocycles. The van der Waals surface area contributed by atoms with E-state index in [0.717, 1.165) is 49.0 Å². The topological polar surface area (TPSA) is 44.8 Å². The minimum absolute atomic E-state index is 0.0134. The summed E-state index contributed by atoms with van der Waals surface area (Å²) in [4.78, 5) is 14.8. The zero-order valence-corrected chi connectivity index (χ0v) is 31.3. The van der Waals surface area contributed by atoms with Crippen molar-refractivity contribution >= 4 is 17.5 Å². The van der Waals surface area contributed by atoms with Gasteiger partial charge in [0.1, 0.15) is 24.3 Å². The zero-order chi connectivity index (χ0) is 34.3. The first-order valence-corrected chi connectivity index (χ1v) is 20.1. The predicted octanol–water partition coefficient (Wildman–Crippen LogP) is 11.0. The van der Waals surface area contributed by atoms with Crippen molar-refractivity contribution in [2.45, 2.75) is 139 Å². The Morgan fingerprint density at radius 1 is 1.12 bits per heavy atom. The quantitative estimate of drug-likeness (QED) is 0.111. The molecule has 2 saturated carbocycles. The number of thioether (sulfide) groups is 1. The number of ketones is 1. The third-order valence-electron chi connectivity index (χ3n) is 12.6. The Balaban J connectivity index is 1.23. The molecule has 0 aromatic heterocycles. The van der Waals surface area contributed by atoms with E-state index in [2.05, 4.69) is 33.1 Å². The molecule has 6 heteroatoms. The summed E-state index contributed by atoms with van der Waals surface area (Å²) in [5, 5.41) is 0. The summed E-state index contributed by atoms with van der Waals surface area (Å²) < 4.78 is 32.1. The van der Waals surface area contributed by atoms with Gasteiger partial charge in [-0.1, -0.05) is 77.2 Å². The maximum Gasteiger partial charge on any atom is 0.158 e. The first-order valence-electron chi connectivity index (χ1n) is 18.9. The van der Waals surface area contributed by atoms with E-state index in [1.807, 2.05) is 44.4 Å². The van der Waals surface area contributed by atoms with Crippen LogP contribution in [0.15, 0.2) is 59.0 Å². The minimum atomic E-state index is -0.464. The van der Waals surface area contributed by atoms with Crippen molar-refractivity contribution in [2.24, 2.45) is 29.6 Å². The molecule has 3 fully saturated rings. The lowest BCUT2D eigenvalue weighted by Gasteiger charge is -2.46. The van der Waals surface area contributed by atoms with Gasteiger partial charge in [-0.25, -0.2) is 4.39 Å². The molecule has 9 atom stereocenters. The fraction of sp³-hybridized carbons (Fsp3) is 0.690. The Kier molecular flexibility index (Phi) is 13.3. The number of fused-ring (bicyclic) bond motifs is 1. The summed E-state index contributed by atoms with van der Waals surface area (Å²) in [6.07, 6.45) is 26.7. The molecule has 3 aliphatic carbocycles. The Bertz CT molecular complexity index is 1320. The highest BCUT2D eigenvalue weighted by atomic mass is 32.2. The lowest BCUT2D eigenvalue weighted by atomic mass is 9.65. The number of hydrogen-bond acceptors (Lipinski definition) is 5. The molecule has 0 bridgehead atoms. The summed E-state index contributed by atoms with van der Waals surface area (Å²) in [6, 6.07) is 5.36. The van der Waals surface area contributed by atoms with Crippen molar-refractivity contribution in [1.29, 1.82) is 0 Å². The normalized spacial score (nSPS) is 32.8. The van der Waals surface area contributed by atoms with E-state index in [1.54, 1.807) is 23.9 Å². The first-order chi connectivity index (χ1) is 23.1. The second kappa shape index (κ2) is 17.0. The molecule has 4 nitrogen and oxygen atoms in total. The van der Waals surface area contributed by atoms with E-state index in [1.165, 1.54) is 50.5 Å². The molecular weight excluding hydrogens is 620 g/mol. The van der Waals surface area contributed by atoms with Crippen LogP contribution in [-0.2, 0) is 19.0 Å². The number of hydrogen-bond donors (Lipinski definition) is 0. The molecule has 1 aromatic rings. The third kappa shape index (κ3) is 8.76. The third-order valence-corrected chi connectivity index (χ3v) is 13.4. The Morgan fingerprint density at radius 2 is 1.92 bits per heavy atom. The lowest BCUT2D eigenvalue weighted by molar-refractivity contribution is -0.125. The van der Waals surface area contributed by atoms with Crippen LogP contribution in [0.2, 0.25) is 0 Å². The largest absolute Gasteiger partial charge is 0.378 e. The highest BCUT2D eigenvalue weighted by molar-refractivity contribution is 7.98. The van der Waals surface area contributed by atoms with Crippen molar-refractivity contribution in [1.82, 2.24) is 0 Å². The van der Waals surface area contributed by atoms with Crippen molar-refractivity contribution in [3.05, 3.63) is 65.5 Å². The molecule has 0 N–H and O–H groups in total. The molecule has 48 heavy (non-hydrogen) atoms. The molecule has 266 valence electrons. The molecule has 0 spiro atoms. The minimum Gasteiger partial charge on any atom is -0.378 e. The SMILES string of the molecule is CCCC(CC1CCCCC1(CC(C)C1CCCC(C(C)c2ccc(F)cc2SC)CC1)OC)C(=O)C=CC1=CC2(C)OCOC2C=C1. The Morgan fingerprint density at radius 3 is 2.69 bits per heavy atom. The van der Waals surface area contributed by atoms with Gasteiger partial charge in [0.25, 0.3) is 0 Å². The van der Waals surface area contributed by atoms with Gasteiger partial charge in [-0.3, -0.25) is 4.79 Å². The highest BCUT2D eigenvalue weighted by Gasteiger charge is 2.44. The van der Waals surface area contributed by atoms with Gasteiger partial charge in [0.2, 0.25) is 0 Å². The number of rotatable bonds is 14. The lowest BCUT2D eigenvalue weighted by Crippen LogP contribution is -2.46. The van der Waals surface area contributed by atoms with E-state index in [4.69, 9.17) is 14.2 Å². The second-order valence-electron chi connectivity index (χ2n) is 15.6. The van der Waals surface area contributed by atoms with Crippen LogP contribution in [-0.4, -0.2) is 43.2 Å². The number of allylic oxidation sites excluding steroid dienone is 4. The summed E-state index contributed by atoms with van der Waals surface area (Å²) in [5.41, 5.74) is 1.69. The highest BCUT2D eigenvalue weighted by Crippen LogP contribution is 2.48. The van der Waals surface area contributed by atoms with Gasteiger partial charge in [-0.05, 0) is 130 Å². The average molecular weight is 681 g/mol. The summed E-state index contributed by atoms with van der Waals surface area (Å²) in [6.45, 7) is 9.36. The van der Waals surface area contributed by atoms with Crippen LogP contribution < -0.4 is 0 Å². The fourth-order valence-corrected chi connectivity index (χ4v) is 10.3.